The van der Waals surface area contributed by atoms with E-state index >= 15 is 0 Å². The van der Waals surface area contributed by atoms with Gasteiger partial charge in [-0.1, -0.05) is 13.3 Å². The fourth-order valence-electron chi connectivity index (χ4n) is 2.78. The second-order valence-electron chi connectivity index (χ2n) is 5.58. The highest BCUT2D eigenvalue weighted by Gasteiger charge is 2.35. The van der Waals surface area contributed by atoms with Crippen molar-refractivity contribution < 1.29 is 13.2 Å². The Morgan fingerprint density at radius 2 is 2.19 bits per heavy atom. The summed E-state index contributed by atoms with van der Waals surface area (Å²) in [4.78, 5) is 17.9. The molecule has 1 N–H and O–H groups in total. The number of likely N-dealkylation sites (tertiary alicyclic amines) is 1. The number of rotatable bonds is 6. The minimum absolute atomic E-state index is 0.00750. The monoisotopic (exact) mass is 314 g/mol. The molecule has 1 aromatic heterocycles. The molecular weight excluding hydrogens is 292 g/mol. The van der Waals surface area contributed by atoms with Crippen molar-refractivity contribution in [2.45, 2.75) is 32.4 Å². The zero-order chi connectivity index (χ0) is 15.5. The Kier molecular flexibility index (Phi) is 5.00. The van der Waals surface area contributed by atoms with E-state index in [1.807, 2.05) is 0 Å². The first-order valence-corrected chi connectivity index (χ1v) is 8.99. The lowest BCUT2D eigenvalue weighted by molar-refractivity contribution is -0.131. The molecule has 0 aromatic carbocycles. The Balaban J connectivity index is 2.00. The van der Waals surface area contributed by atoms with Gasteiger partial charge in [0.2, 0.25) is 15.9 Å². The fourth-order valence-corrected chi connectivity index (χ4v) is 3.60. The number of carbonyl (C=O) groups excluding carboxylic acids is 1. The van der Waals surface area contributed by atoms with Gasteiger partial charge in [0.25, 0.3) is 0 Å². The van der Waals surface area contributed by atoms with E-state index in [1.165, 1.54) is 0 Å². The van der Waals surface area contributed by atoms with Crippen molar-refractivity contribution in [1.29, 1.82) is 0 Å². The normalized spacial score (nSPS) is 22.7. The van der Waals surface area contributed by atoms with E-state index in [9.17, 15) is 13.2 Å². The minimum atomic E-state index is -3.26. The van der Waals surface area contributed by atoms with Crippen LogP contribution < -0.4 is 4.72 Å². The maximum Gasteiger partial charge on any atom is 0.242 e. The van der Waals surface area contributed by atoms with Crippen LogP contribution in [0.2, 0.25) is 0 Å². The first-order valence-electron chi connectivity index (χ1n) is 7.10. The van der Waals surface area contributed by atoms with Crippen LogP contribution in [0.25, 0.3) is 0 Å². The summed E-state index contributed by atoms with van der Waals surface area (Å²) in [5, 5.41) is 0. The molecule has 0 aliphatic carbocycles. The Labute approximate surface area is 125 Å². The molecular formula is C13H22N4O3S. The molecule has 0 saturated carbocycles. The number of aromatic nitrogens is 2. The van der Waals surface area contributed by atoms with Crippen LogP contribution in [0.4, 0.5) is 0 Å². The van der Waals surface area contributed by atoms with E-state index in [4.69, 9.17) is 0 Å². The van der Waals surface area contributed by atoms with Gasteiger partial charge in [0, 0.05) is 31.5 Å². The van der Waals surface area contributed by atoms with Crippen molar-refractivity contribution in [2.24, 2.45) is 5.92 Å². The molecule has 8 heteroatoms. The van der Waals surface area contributed by atoms with E-state index in [-0.39, 0.29) is 24.4 Å². The molecule has 0 bridgehead atoms. The van der Waals surface area contributed by atoms with Crippen LogP contribution in [0, 0.1) is 5.92 Å². The number of hydrogen-bond donors (Lipinski definition) is 1. The molecule has 0 unspecified atom stereocenters. The van der Waals surface area contributed by atoms with E-state index in [1.54, 1.807) is 28.2 Å². The first kappa shape index (κ1) is 16.0. The minimum Gasteiger partial charge on any atom is -0.339 e. The van der Waals surface area contributed by atoms with Gasteiger partial charge in [-0.3, -0.25) is 4.79 Å². The molecule has 1 amide bonds. The van der Waals surface area contributed by atoms with Gasteiger partial charge in [0.05, 0.1) is 12.6 Å². The predicted octanol–water partition coefficient (Wildman–Crippen LogP) is 0.0594. The quantitative estimate of drug-likeness (QED) is 0.805. The van der Waals surface area contributed by atoms with E-state index < -0.39 is 10.0 Å². The largest absolute Gasteiger partial charge is 0.339 e. The Bertz CT molecular complexity index is 570. The smallest absolute Gasteiger partial charge is 0.242 e. The van der Waals surface area contributed by atoms with E-state index in [0.29, 0.717) is 13.1 Å². The Morgan fingerprint density at radius 1 is 1.43 bits per heavy atom. The number of sulfonamides is 1. The number of nitrogens with zero attached hydrogens (tertiary/aromatic N) is 3. The molecule has 0 radical (unpaired) electrons. The molecule has 1 aliphatic heterocycles. The predicted molar refractivity (Wildman–Crippen MR) is 79.0 cm³/mol. The van der Waals surface area contributed by atoms with Gasteiger partial charge in [-0.2, -0.15) is 0 Å². The highest BCUT2D eigenvalue weighted by Crippen LogP contribution is 2.22. The Hall–Kier alpha value is -1.41. The standard InChI is InChI=1S/C13H22N4O3S/c1-3-4-11-7-17(8-12(11)15-21(2,19)20)13(18)9-16-6-5-14-10-16/h5-6,10-12,15H,3-4,7-9H2,1-2H3/t11-,12-/m1/s1. The average molecular weight is 314 g/mol. The molecule has 0 spiro atoms. The van der Waals surface area contributed by atoms with Crippen molar-refractivity contribution in [3.05, 3.63) is 18.7 Å². The molecule has 2 atom stereocenters. The van der Waals surface area contributed by atoms with Crippen LogP contribution >= 0.6 is 0 Å². The maximum absolute atomic E-state index is 12.3. The summed E-state index contributed by atoms with van der Waals surface area (Å²) in [6.45, 7) is 3.34. The SMILES string of the molecule is CCC[C@@H]1CN(C(=O)Cn2ccnc2)C[C@H]1NS(C)(=O)=O. The molecule has 7 nitrogen and oxygen atoms in total. The zero-order valence-corrected chi connectivity index (χ0v) is 13.2. The molecule has 21 heavy (non-hydrogen) atoms. The maximum atomic E-state index is 12.3. The molecule has 2 heterocycles. The van der Waals surface area contributed by atoms with Crippen LogP contribution in [-0.2, 0) is 21.4 Å². The van der Waals surface area contributed by atoms with Gasteiger partial charge in [-0.25, -0.2) is 18.1 Å². The summed E-state index contributed by atoms with van der Waals surface area (Å²) in [7, 11) is -3.26. The average Bonchev–Trinajstić information content (AvgIpc) is 2.99. The first-order chi connectivity index (χ1) is 9.89. The summed E-state index contributed by atoms with van der Waals surface area (Å²) in [5.41, 5.74) is 0. The summed E-state index contributed by atoms with van der Waals surface area (Å²) in [5.74, 6) is 0.170. The van der Waals surface area contributed by atoms with Gasteiger partial charge in [0.1, 0.15) is 6.54 Å². The number of hydrogen-bond acceptors (Lipinski definition) is 4. The van der Waals surface area contributed by atoms with Crippen molar-refractivity contribution >= 4 is 15.9 Å². The van der Waals surface area contributed by atoms with E-state index in [2.05, 4.69) is 16.6 Å². The third-order valence-electron chi connectivity index (χ3n) is 3.70. The molecule has 2 rings (SSSR count). The van der Waals surface area contributed by atoms with Crippen molar-refractivity contribution in [2.75, 3.05) is 19.3 Å². The van der Waals surface area contributed by atoms with Crippen molar-refractivity contribution in [3.8, 4) is 0 Å². The van der Waals surface area contributed by atoms with Crippen molar-refractivity contribution in [1.82, 2.24) is 19.2 Å². The van der Waals surface area contributed by atoms with Gasteiger partial charge in [-0.15, -0.1) is 0 Å². The van der Waals surface area contributed by atoms with E-state index in [0.717, 1.165) is 19.1 Å². The lowest BCUT2D eigenvalue weighted by Gasteiger charge is -2.17. The van der Waals surface area contributed by atoms with Crippen LogP contribution in [0.3, 0.4) is 0 Å². The highest BCUT2D eigenvalue weighted by atomic mass is 32.2. The third kappa shape index (κ3) is 4.53. The summed E-state index contributed by atoms with van der Waals surface area (Å²) in [6, 6.07) is -0.188. The van der Waals surface area contributed by atoms with Crippen LogP contribution in [-0.4, -0.2) is 54.2 Å². The van der Waals surface area contributed by atoms with Crippen LogP contribution in [0.5, 0.6) is 0 Å². The summed E-state index contributed by atoms with van der Waals surface area (Å²) in [6.07, 6.45) is 8.00. The van der Waals surface area contributed by atoms with Gasteiger partial charge in [-0.05, 0) is 12.3 Å². The zero-order valence-electron chi connectivity index (χ0n) is 12.4. The molecule has 1 aromatic rings. The third-order valence-corrected chi connectivity index (χ3v) is 4.43. The highest BCUT2D eigenvalue weighted by molar-refractivity contribution is 7.88. The topological polar surface area (TPSA) is 84.3 Å². The second kappa shape index (κ2) is 6.57. The second-order valence-corrected chi connectivity index (χ2v) is 7.36. The van der Waals surface area contributed by atoms with Gasteiger partial charge >= 0.3 is 0 Å². The molecule has 1 aliphatic rings. The van der Waals surface area contributed by atoms with Gasteiger partial charge in [0.15, 0.2) is 0 Å². The van der Waals surface area contributed by atoms with Gasteiger partial charge < -0.3 is 9.47 Å². The molecule has 1 fully saturated rings. The fraction of sp³-hybridized carbons (Fsp3) is 0.692. The molecule has 118 valence electrons. The van der Waals surface area contributed by atoms with Crippen molar-refractivity contribution in [3.63, 3.8) is 0 Å². The number of imidazole rings is 1. The van der Waals surface area contributed by atoms with Crippen LogP contribution in [0.1, 0.15) is 19.8 Å². The summed E-state index contributed by atoms with van der Waals surface area (Å²) < 4.78 is 27.3. The lowest BCUT2D eigenvalue weighted by Crippen LogP contribution is -2.40. The molecule has 1 saturated heterocycles. The number of nitrogens with one attached hydrogen (secondary N) is 1. The number of carbonyl (C=O) groups is 1. The summed E-state index contributed by atoms with van der Waals surface area (Å²) >= 11 is 0. The lowest BCUT2D eigenvalue weighted by atomic mass is 9.99. The van der Waals surface area contributed by atoms with Crippen LogP contribution in [0.15, 0.2) is 18.7 Å². The number of amides is 1. The Morgan fingerprint density at radius 3 is 2.76 bits per heavy atom.